The van der Waals surface area contributed by atoms with E-state index in [0.29, 0.717) is 30.3 Å². The number of carbonyl (C=O) groups is 1. The van der Waals surface area contributed by atoms with Crippen LogP contribution in [0.3, 0.4) is 0 Å². The number of benzene rings is 2. The Labute approximate surface area is 157 Å². The Hall–Kier alpha value is -2.37. The third kappa shape index (κ3) is 4.06. The number of para-hydroxylation sites is 2. The van der Waals surface area contributed by atoms with Gasteiger partial charge in [-0.1, -0.05) is 29.8 Å². The third-order valence-electron chi connectivity index (χ3n) is 4.17. The monoisotopic (exact) mass is 371 g/mol. The molecule has 0 saturated carbocycles. The molecule has 0 spiro atoms. The Morgan fingerprint density at radius 3 is 2.85 bits per heavy atom. The van der Waals surface area contributed by atoms with Crippen molar-refractivity contribution in [1.82, 2.24) is 14.9 Å². The summed E-state index contributed by atoms with van der Waals surface area (Å²) in [5.74, 6) is 0.629. The Morgan fingerprint density at radius 1 is 1.27 bits per heavy atom. The first-order valence-electron chi connectivity index (χ1n) is 8.69. The highest BCUT2D eigenvalue weighted by Crippen LogP contribution is 2.21. The van der Waals surface area contributed by atoms with E-state index in [1.807, 2.05) is 38.1 Å². The zero-order valence-corrected chi connectivity index (χ0v) is 15.7. The predicted octanol–water partition coefficient (Wildman–Crippen LogP) is 4.22. The molecule has 1 N–H and O–H groups in total. The molecule has 26 heavy (non-hydrogen) atoms. The van der Waals surface area contributed by atoms with Gasteiger partial charge in [-0.15, -0.1) is 0 Å². The molecular formula is C20H22ClN3O2. The fraction of sp³-hybridized carbons (Fsp3) is 0.300. The molecule has 2 aromatic carbocycles. The topological polar surface area (TPSA) is 56.1 Å². The number of hydrogen-bond acceptors (Lipinski definition) is 3. The highest BCUT2D eigenvalue weighted by molar-refractivity contribution is 6.30. The summed E-state index contributed by atoms with van der Waals surface area (Å²) >= 11 is 5.98. The van der Waals surface area contributed by atoms with Crippen LogP contribution in [0.4, 0.5) is 0 Å². The van der Waals surface area contributed by atoms with Crippen LogP contribution in [0, 0.1) is 0 Å². The van der Waals surface area contributed by atoms with E-state index < -0.39 is 0 Å². The standard InChI is InChI=1S/C20H22ClN3O2/c1-3-26-12-11-24-18-10-5-4-9-17(18)23-19(24)14(2)22-20(25)15-7-6-8-16(21)13-15/h4-10,13-14H,3,11-12H2,1-2H3,(H,22,25). The summed E-state index contributed by atoms with van der Waals surface area (Å²) in [6.07, 6.45) is 0. The maximum absolute atomic E-state index is 12.5. The van der Waals surface area contributed by atoms with Crippen LogP contribution in [0.25, 0.3) is 11.0 Å². The highest BCUT2D eigenvalue weighted by atomic mass is 35.5. The Bertz CT molecular complexity index is 907. The second-order valence-electron chi connectivity index (χ2n) is 6.01. The van der Waals surface area contributed by atoms with Crippen LogP contribution in [0.1, 0.15) is 36.1 Å². The van der Waals surface area contributed by atoms with E-state index in [-0.39, 0.29) is 11.9 Å². The zero-order chi connectivity index (χ0) is 18.5. The van der Waals surface area contributed by atoms with Gasteiger partial charge in [-0.25, -0.2) is 4.98 Å². The first-order chi connectivity index (χ1) is 12.6. The van der Waals surface area contributed by atoms with Crippen LogP contribution in [0.15, 0.2) is 48.5 Å². The van der Waals surface area contributed by atoms with E-state index in [1.54, 1.807) is 24.3 Å². The number of halogens is 1. The summed E-state index contributed by atoms with van der Waals surface area (Å²) in [5, 5.41) is 3.55. The van der Waals surface area contributed by atoms with Gasteiger partial charge in [0.2, 0.25) is 0 Å². The largest absolute Gasteiger partial charge is 0.380 e. The molecular weight excluding hydrogens is 350 g/mol. The fourth-order valence-corrected chi connectivity index (χ4v) is 3.12. The van der Waals surface area contributed by atoms with Crippen molar-refractivity contribution in [3.63, 3.8) is 0 Å². The molecule has 1 unspecified atom stereocenters. The number of rotatable bonds is 7. The van der Waals surface area contributed by atoms with Crippen molar-refractivity contribution >= 4 is 28.5 Å². The van der Waals surface area contributed by atoms with E-state index in [1.165, 1.54) is 0 Å². The van der Waals surface area contributed by atoms with E-state index in [9.17, 15) is 4.79 Å². The van der Waals surface area contributed by atoms with Gasteiger partial charge in [-0.2, -0.15) is 0 Å². The molecule has 1 amide bonds. The molecule has 3 rings (SSSR count). The summed E-state index contributed by atoms with van der Waals surface area (Å²) in [5.41, 5.74) is 2.47. The van der Waals surface area contributed by atoms with Crippen molar-refractivity contribution in [2.45, 2.75) is 26.4 Å². The Morgan fingerprint density at radius 2 is 2.08 bits per heavy atom. The van der Waals surface area contributed by atoms with Gasteiger partial charge in [0, 0.05) is 23.7 Å². The number of carbonyl (C=O) groups excluding carboxylic acids is 1. The van der Waals surface area contributed by atoms with Crippen LogP contribution in [-0.4, -0.2) is 28.7 Å². The molecule has 0 radical (unpaired) electrons. The third-order valence-corrected chi connectivity index (χ3v) is 4.40. The molecule has 1 heterocycles. The molecule has 136 valence electrons. The minimum absolute atomic E-state index is 0.177. The van der Waals surface area contributed by atoms with Crippen molar-refractivity contribution in [1.29, 1.82) is 0 Å². The smallest absolute Gasteiger partial charge is 0.251 e. The molecule has 0 bridgehead atoms. The first-order valence-corrected chi connectivity index (χ1v) is 9.07. The predicted molar refractivity (Wildman–Crippen MR) is 104 cm³/mol. The summed E-state index contributed by atoms with van der Waals surface area (Å²) in [4.78, 5) is 17.3. The summed E-state index contributed by atoms with van der Waals surface area (Å²) in [7, 11) is 0. The van der Waals surface area contributed by atoms with Gasteiger partial charge in [0.25, 0.3) is 5.91 Å². The number of ether oxygens (including phenoxy) is 1. The average molecular weight is 372 g/mol. The molecule has 0 aliphatic carbocycles. The van der Waals surface area contributed by atoms with Crippen LogP contribution in [0.5, 0.6) is 0 Å². The first kappa shape index (κ1) is 18.4. The lowest BCUT2D eigenvalue weighted by Crippen LogP contribution is -2.29. The number of hydrogen-bond donors (Lipinski definition) is 1. The summed E-state index contributed by atoms with van der Waals surface area (Å²) in [6, 6.07) is 14.6. The van der Waals surface area contributed by atoms with Gasteiger partial charge in [0.1, 0.15) is 5.82 Å². The number of aromatic nitrogens is 2. The molecule has 1 aromatic heterocycles. The van der Waals surface area contributed by atoms with Gasteiger partial charge < -0.3 is 14.6 Å². The highest BCUT2D eigenvalue weighted by Gasteiger charge is 2.19. The van der Waals surface area contributed by atoms with Crippen molar-refractivity contribution in [3.8, 4) is 0 Å². The second kappa shape index (κ2) is 8.34. The van der Waals surface area contributed by atoms with Crippen molar-refractivity contribution in [2.24, 2.45) is 0 Å². The van der Waals surface area contributed by atoms with Crippen LogP contribution < -0.4 is 5.32 Å². The van der Waals surface area contributed by atoms with Gasteiger partial charge in [-0.05, 0) is 44.2 Å². The zero-order valence-electron chi connectivity index (χ0n) is 14.9. The van der Waals surface area contributed by atoms with Crippen molar-refractivity contribution in [2.75, 3.05) is 13.2 Å². The second-order valence-corrected chi connectivity index (χ2v) is 6.45. The van der Waals surface area contributed by atoms with E-state index in [0.717, 1.165) is 16.9 Å². The van der Waals surface area contributed by atoms with Crippen LogP contribution in [-0.2, 0) is 11.3 Å². The van der Waals surface area contributed by atoms with Crippen LogP contribution >= 0.6 is 11.6 Å². The number of amides is 1. The lowest BCUT2D eigenvalue weighted by Gasteiger charge is -2.16. The van der Waals surface area contributed by atoms with Crippen molar-refractivity contribution < 1.29 is 9.53 Å². The van der Waals surface area contributed by atoms with E-state index >= 15 is 0 Å². The van der Waals surface area contributed by atoms with E-state index in [2.05, 4.69) is 9.88 Å². The number of imidazole rings is 1. The molecule has 0 fully saturated rings. The van der Waals surface area contributed by atoms with Gasteiger partial charge >= 0.3 is 0 Å². The van der Waals surface area contributed by atoms with Crippen molar-refractivity contribution in [3.05, 3.63) is 64.9 Å². The molecule has 6 heteroatoms. The molecule has 0 saturated heterocycles. The van der Waals surface area contributed by atoms with Gasteiger partial charge in [-0.3, -0.25) is 4.79 Å². The molecule has 5 nitrogen and oxygen atoms in total. The summed E-state index contributed by atoms with van der Waals surface area (Å²) in [6.45, 7) is 5.85. The number of nitrogens with zero attached hydrogens (tertiary/aromatic N) is 2. The molecule has 0 aliphatic rings. The Balaban J connectivity index is 1.85. The molecule has 1 atom stereocenters. The van der Waals surface area contributed by atoms with Crippen LogP contribution in [0.2, 0.25) is 5.02 Å². The van der Waals surface area contributed by atoms with Gasteiger partial charge in [0.05, 0.1) is 23.7 Å². The quantitative estimate of drug-likeness (QED) is 0.633. The lowest BCUT2D eigenvalue weighted by atomic mass is 10.2. The molecule has 3 aromatic rings. The van der Waals surface area contributed by atoms with E-state index in [4.69, 9.17) is 21.3 Å². The molecule has 0 aliphatic heterocycles. The minimum Gasteiger partial charge on any atom is -0.380 e. The fourth-order valence-electron chi connectivity index (χ4n) is 2.93. The lowest BCUT2D eigenvalue weighted by molar-refractivity contribution is 0.0937. The number of fused-ring (bicyclic) bond motifs is 1. The maximum Gasteiger partial charge on any atom is 0.251 e. The van der Waals surface area contributed by atoms with Gasteiger partial charge in [0.15, 0.2) is 0 Å². The SMILES string of the molecule is CCOCCn1c(C(C)NC(=O)c2cccc(Cl)c2)nc2ccccc21. The minimum atomic E-state index is -0.254. The average Bonchev–Trinajstić information content (AvgIpc) is 3.01. The normalized spacial score (nSPS) is 12.3. The number of nitrogens with one attached hydrogen (secondary N) is 1. The Kier molecular flexibility index (Phi) is 5.91. The maximum atomic E-state index is 12.5. The summed E-state index contributed by atoms with van der Waals surface area (Å²) < 4.78 is 7.61.